The molecule has 120 valence electrons. The van der Waals surface area contributed by atoms with Crippen LogP contribution in [0.5, 0.6) is 0 Å². The summed E-state index contributed by atoms with van der Waals surface area (Å²) in [5, 5.41) is 9.94. The molecule has 0 aliphatic carbocycles. The van der Waals surface area contributed by atoms with Crippen LogP contribution in [0.25, 0.3) is 0 Å². The molecule has 0 bridgehead atoms. The van der Waals surface area contributed by atoms with E-state index in [2.05, 4.69) is 40.0 Å². The van der Waals surface area contributed by atoms with E-state index in [0.717, 1.165) is 31.2 Å². The molecule has 1 aromatic carbocycles. The van der Waals surface area contributed by atoms with Gasteiger partial charge in [0.2, 0.25) is 0 Å². The molecule has 0 radical (unpaired) electrons. The van der Waals surface area contributed by atoms with E-state index >= 15 is 0 Å². The van der Waals surface area contributed by atoms with Crippen LogP contribution < -0.4 is 16.0 Å². The maximum Gasteiger partial charge on any atom is 0.191 e. The molecule has 1 aromatic rings. The van der Waals surface area contributed by atoms with Gasteiger partial charge in [0.25, 0.3) is 0 Å². The van der Waals surface area contributed by atoms with E-state index < -0.39 is 0 Å². The Balaban J connectivity index is 0.00000400. The minimum atomic E-state index is 0. The van der Waals surface area contributed by atoms with Crippen molar-refractivity contribution in [3.8, 4) is 0 Å². The Labute approximate surface area is 145 Å². The van der Waals surface area contributed by atoms with Crippen LogP contribution in [-0.4, -0.2) is 45.9 Å². The lowest BCUT2D eigenvalue weighted by Crippen LogP contribution is -2.44. The molecule has 0 aliphatic rings. The lowest BCUT2D eigenvalue weighted by molar-refractivity contribution is 0.179. The predicted molar refractivity (Wildman–Crippen MR) is 101 cm³/mol. The molecule has 1 unspecified atom stereocenters. The van der Waals surface area contributed by atoms with Gasteiger partial charge in [0.1, 0.15) is 0 Å². The second-order valence-electron chi connectivity index (χ2n) is 4.65. The number of methoxy groups -OCH3 is 1. The van der Waals surface area contributed by atoms with Crippen molar-refractivity contribution in [2.75, 3.05) is 39.2 Å². The monoisotopic (exact) mass is 406 g/mol. The number of aliphatic imine (C=N–C) groups is 1. The van der Waals surface area contributed by atoms with Crippen molar-refractivity contribution < 1.29 is 4.74 Å². The molecular weight excluding hydrogens is 379 g/mol. The topological polar surface area (TPSA) is 57.7 Å². The predicted octanol–water partition coefficient (Wildman–Crippen LogP) is 2.31. The number of nitrogens with zero attached hydrogens (tertiary/aromatic N) is 1. The summed E-state index contributed by atoms with van der Waals surface area (Å²) in [6.07, 6.45) is 1.02. The molecule has 5 nitrogen and oxygen atoms in total. The van der Waals surface area contributed by atoms with Gasteiger partial charge in [-0.25, -0.2) is 0 Å². The van der Waals surface area contributed by atoms with Crippen molar-refractivity contribution in [1.82, 2.24) is 10.6 Å². The van der Waals surface area contributed by atoms with Crippen LogP contribution in [0.15, 0.2) is 35.3 Å². The van der Waals surface area contributed by atoms with Crippen molar-refractivity contribution in [3.63, 3.8) is 0 Å². The fraction of sp³-hybridized carbons (Fsp3) is 0.533. The average molecular weight is 406 g/mol. The van der Waals surface area contributed by atoms with E-state index in [1.165, 1.54) is 0 Å². The Kier molecular flexibility index (Phi) is 12.1. The zero-order chi connectivity index (χ0) is 14.6. The van der Waals surface area contributed by atoms with Gasteiger partial charge in [0.05, 0.1) is 6.61 Å². The summed E-state index contributed by atoms with van der Waals surface area (Å²) >= 11 is 0. The van der Waals surface area contributed by atoms with Gasteiger partial charge in [0, 0.05) is 39.0 Å². The molecule has 0 amide bonds. The highest BCUT2D eigenvalue weighted by Gasteiger charge is 2.03. The first-order valence-corrected chi connectivity index (χ1v) is 7.01. The van der Waals surface area contributed by atoms with Crippen LogP contribution in [0, 0.1) is 0 Å². The van der Waals surface area contributed by atoms with Crippen LogP contribution in [0.2, 0.25) is 0 Å². The Bertz CT molecular complexity index is 387. The Hall–Kier alpha value is -1.02. The van der Waals surface area contributed by atoms with E-state index in [1.54, 1.807) is 14.2 Å². The van der Waals surface area contributed by atoms with Crippen molar-refractivity contribution in [1.29, 1.82) is 0 Å². The summed E-state index contributed by atoms with van der Waals surface area (Å²) in [7, 11) is 3.47. The molecule has 6 heteroatoms. The molecule has 1 rings (SSSR count). The molecule has 21 heavy (non-hydrogen) atoms. The number of halogens is 1. The zero-order valence-corrected chi connectivity index (χ0v) is 15.4. The Morgan fingerprint density at radius 3 is 2.57 bits per heavy atom. The number of para-hydroxylation sites is 1. The number of benzene rings is 1. The molecule has 0 saturated carbocycles. The highest BCUT2D eigenvalue weighted by Crippen LogP contribution is 2.03. The van der Waals surface area contributed by atoms with Crippen molar-refractivity contribution in [2.24, 2.45) is 4.99 Å². The van der Waals surface area contributed by atoms with Gasteiger partial charge in [-0.15, -0.1) is 24.0 Å². The Morgan fingerprint density at radius 1 is 1.24 bits per heavy atom. The molecule has 0 saturated heterocycles. The summed E-state index contributed by atoms with van der Waals surface area (Å²) in [4.78, 5) is 4.18. The molecule has 0 aliphatic heterocycles. The number of ether oxygens (including phenoxy) is 1. The fourth-order valence-corrected chi connectivity index (χ4v) is 1.80. The third kappa shape index (κ3) is 9.52. The molecule has 0 aromatic heterocycles. The van der Waals surface area contributed by atoms with E-state index in [9.17, 15) is 0 Å². The quantitative estimate of drug-likeness (QED) is 0.269. The molecule has 3 N–H and O–H groups in total. The number of guanidine groups is 1. The number of nitrogens with one attached hydrogen (secondary N) is 3. The summed E-state index contributed by atoms with van der Waals surface area (Å²) in [6, 6.07) is 10.5. The minimum Gasteiger partial charge on any atom is -0.385 e. The highest BCUT2D eigenvalue weighted by atomic mass is 127. The largest absolute Gasteiger partial charge is 0.385 e. The molecule has 0 spiro atoms. The smallest absolute Gasteiger partial charge is 0.191 e. The maximum atomic E-state index is 5.09. The lowest BCUT2D eigenvalue weighted by Gasteiger charge is -2.17. The van der Waals surface area contributed by atoms with Crippen LogP contribution >= 0.6 is 24.0 Å². The van der Waals surface area contributed by atoms with Crippen LogP contribution in [-0.2, 0) is 4.74 Å². The van der Waals surface area contributed by atoms with Crippen molar-refractivity contribution in [2.45, 2.75) is 19.4 Å². The summed E-state index contributed by atoms with van der Waals surface area (Å²) < 4.78 is 5.09. The second-order valence-corrected chi connectivity index (χ2v) is 4.65. The van der Waals surface area contributed by atoms with E-state index in [-0.39, 0.29) is 30.0 Å². The van der Waals surface area contributed by atoms with E-state index in [0.29, 0.717) is 6.61 Å². The van der Waals surface area contributed by atoms with Gasteiger partial charge in [-0.3, -0.25) is 4.99 Å². The molecular formula is C15H27IN4O. The molecule has 1 atom stereocenters. The van der Waals surface area contributed by atoms with Crippen molar-refractivity contribution >= 4 is 35.6 Å². The van der Waals surface area contributed by atoms with Gasteiger partial charge in [-0.2, -0.15) is 0 Å². The number of rotatable bonds is 8. The van der Waals surface area contributed by atoms with Crippen molar-refractivity contribution in [3.05, 3.63) is 30.3 Å². The number of anilines is 1. The minimum absolute atomic E-state index is 0. The van der Waals surface area contributed by atoms with Gasteiger partial charge in [-0.1, -0.05) is 18.2 Å². The van der Waals surface area contributed by atoms with Crippen LogP contribution in [0.3, 0.4) is 0 Å². The lowest BCUT2D eigenvalue weighted by atomic mass is 10.3. The maximum absolute atomic E-state index is 5.09. The van der Waals surface area contributed by atoms with Gasteiger partial charge in [-0.05, 0) is 25.5 Å². The van der Waals surface area contributed by atoms with Gasteiger partial charge >= 0.3 is 0 Å². The van der Waals surface area contributed by atoms with Gasteiger partial charge < -0.3 is 20.7 Å². The first-order valence-electron chi connectivity index (χ1n) is 7.01. The summed E-state index contributed by atoms with van der Waals surface area (Å²) in [5.74, 6) is 0.814. The standard InChI is InChI=1S/C15H26N4O.HI/c1-13(12-20-3)19-15(16-2)18-11-7-10-17-14-8-5-4-6-9-14;/h4-6,8-9,13,17H,7,10-12H2,1-3H3,(H2,16,18,19);1H. The third-order valence-corrected chi connectivity index (χ3v) is 2.77. The van der Waals surface area contributed by atoms with E-state index in [4.69, 9.17) is 4.74 Å². The average Bonchev–Trinajstić information content (AvgIpc) is 2.47. The normalized spacial score (nSPS) is 12.2. The fourth-order valence-electron chi connectivity index (χ4n) is 1.80. The SMILES string of the molecule is CN=C(NCCCNc1ccccc1)NC(C)COC.I. The highest BCUT2D eigenvalue weighted by molar-refractivity contribution is 14.0. The van der Waals surface area contributed by atoms with Crippen LogP contribution in [0.4, 0.5) is 5.69 Å². The number of hydrogen-bond donors (Lipinski definition) is 3. The van der Waals surface area contributed by atoms with Crippen LogP contribution in [0.1, 0.15) is 13.3 Å². The zero-order valence-electron chi connectivity index (χ0n) is 13.1. The van der Waals surface area contributed by atoms with E-state index in [1.807, 2.05) is 18.2 Å². The summed E-state index contributed by atoms with van der Waals surface area (Å²) in [6.45, 7) is 4.53. The Morgan fingerprint density at radius 2 is 1.95 bits per heavy atom. The molecule has 0 heterocycles. The number of hydrogen-bond acceptors (Lipinski definition) is 3. The first-order chi connectivity index (χ1) is 9.76. The first kappa shape index (κ1) is 20.0. The second kappa shape index (κ2) is 12.7. The third-order valence-electron chi connectivity index (χ3n) is 2.77. The molecule has 0 fully saturated rings. The summed E-state index contributed by atoms with van der Waals surface area (Å²) in [5.41, 5.74) is 1.16. The van der Waals surface area contributed by atoms with Gasteiger partial charge in [0.15, 0.2) is 5.96 Å².